The highest BCUT2D eigenvalue weighted by Crippen LogP contribution is 2.34. The lowest BCUT2D eigenvalue weighted by Crippen LogP contribution is -2.47. The maximum Gasteiger partial charge on any atom is 0.339 e. The van der Waals surface area contributed by atoms with Crippen LogP contribution in [-0.4, -0.2) is 31.7 Å². The van der Waals surface area contributed by atoms with Crippen molar-refractivity contribution in [3.8, 4) is 0 Å². The summed E-state index contributed by atoms with van der Waals surface area (Å²) in [6.45, 7) is 12.6. The van der Waals surface area contributed by atoms with Crippen LogP contribution in [0.3, 0.4) is 0 Å². The normalized spacial score (nSPS) is 15.0. The Morgan fingerprint density at radius 2 is 1.90 bits per heavy atom. The van der Waals surface area contributed by atoms with E-state index < -0.39 is 20.1 Å². The minimum absolute atomic E-state index is 0.132. The predicted molar refractivity (Wildman–Crippen MR) is 122 cm³/mol. The maximum atomic E-state index is 13.8. The standard InChI is InChI=1S/C24H30FNO4Si/c1-7-30-24(29)22(28)21-14(2)18-12-20(27)26(17-10-8-9-16(25)11-17)13-19(18)15(3)23(21)31(4,5)6/h8-11,22,28H,7,12-13H2,1-6H3/t22-/m0/s1. The van der Waals surface area contributed by atoms with E-state index in [2.05, 4.69) is 19.6 Å². The third-order valence-electron chi connectivity index (χ3n) is 5.92. The lowest BCUT2D eigenvalue weighted by molar-refractivity contribution is -0.153. The van der Waals surface area contributed by atoms with Crippen LogP contribution in [0.4, 0.5) is 10.1 Å². The smallest absolute Gasteiger partial charge is 0.339 e. The molecule has 0 saturated heterocycles. The molecule has 166 valence electrons. The van der Waals surface area contributed by atoms with Crippen molar-refractivity contribution in [3.63, 3.8) is 0 Å². The first-order valence-electron chi connectivity index (χ1n) is 10.5. The first-order valence-corrected chi connectivity index (χ1v) is 14.0. The van der Waals surface area contributed by atoms with Crippen LogP contribution in [-0.2, 0) is 27.3 Å². The number of carbonyl (C=O) groups is 2. The van der Waals surface area contributed by atoms with Crippen molar-refractivity contribution in [2.45, 2.75) is 59.5 Å². The molecule has 2 aromatic rings. The Morgan fingerprint density at radius 1 is 1.23 bits per heavy atom. The Labute approximate surface area is 183 Å². The average molecular weight is 444 g/mol. The van der Waals surface area contributed by atoms with Crippen molar-refractivity contribution in [2.75, 3.05) is 11.5 Å². The monoisotopic (exact) mass is 443 g/mol. The molecule has 0 aromatic heterocycles. The van der Waals surface area contributed by atoms with Crippen molar-refractivity contribution in [2.24, 2.45) is 0 Å². The number of anilines is 1. The summed E-state index contributed by atoms with van der Waals surface area (Å²) in [5.74, 6) is -1.20. The van der Waals surface area contributed by atoms with Crippen LogP contribution in [0.5, 0.6) is 0 Å². The van der Waals surface area contributed by atoms with Gasteiger partial charge in [-0.25, -0.2) is 9.18 Å². The SMILES string of the molecule is CCOC(=O)[C@@H](O)c1c(C)c2c(c(C)c1[Si](C)(C)C)CN(c1cccc(F)c1)C(=O)C2. The molecule has 0 aliphatic carbocycles. The number of carbonyl (C=O) groups excluding carboxylic acids is 2. The van der Waals surface area contributed by atoms with Crippen LogP contribution in [0.1, 0.15) is 40.8 Å². The molecule has 2 aromatic carbocycles. The van der Waals surface area contributed by atoms with E-state index in [1.807, 2.05) is 13.8 Å². The van der Waals surface area contributed by atoms with Crippen LogP contribution in [0.2, 0.25) is 19.6 Å². The Hall–Kier alpha value is -2.51. The third-order valence-corrected chi connectivity index (χ3v) is 8.06. The van der Waals surface area contributed by atoms with E-state index >= 15 is 0 Å². The largest absolute Gasteiger partial charge is 0.464 e. The lowest BCUT2D eigenvalue weighted by atomic mass is 9.86. The maximum absolute atomic E-state index is 13.8. The van der Waals surface area contributed by atoms with Gasteiger partial charge >= 0.3 is 5.97 Å². The fraction of sp³-hybridized carbons (Fsp3) is 0.417. The Bertz CT molecular complexity index is 1040. The second-order valence-electron chi connectivity index (χ2n) is 9.04. The average Bonchev–Trinajstić information content (AvgIpc) is 2.68. The minimum atomic E-state index is -2.00. The molecule has 0 fully saturated rings. The first-order chi connectivity index (χ1) is 14.5. The molecule has 7 heteroatoms. The highest BCUT2D eigenvalue weighted by molar-refractivity contribution is 6.89. The summed E-state index contributed by atoms with van der Waals surface area (Å²) in [6, 6.07) is 6.04. The van der Waals surface area contributed by atoms with Gasteiger partial charge in [0.25, 0.3) is 0 Å². The van der Waals surface area contributed by atoms with Gasteiger partial charge in [-0.15, -0.1) is 0 Å². The molecule has 3 rings (SSSR count). The third kappa shape index (κ3) is 4.29. The predicted octanol–water partition coefficient (Wildman–Crippen LogP) is 3.67. The summed E-state index contributed by atoms with van der Waals surface area (Å²) in [5.41, 5.74) is 4.73. The molecule has 0 saturated carbocycles. The van der Waals surface area contributed by atoms with E-state index in [0.29, 0.717) is 17.8 Å². The lowest BCUT2D eigenvalue weighted by Gasteiger charge is -2.36. The molecular formula is C24H30FNO4Si. The summed E-state index contributed by atoms with van der Waals surface area (Å²) in [5, 5.41) is 11.9. The number of ether oxygens (including phenoxy) is 1. The molecule has 31 heavy (non-hydrogen) atoms. The van der Waals surface area contributed by atoms with Gasteiger partial charge in [0, 0.05) is 5.69 Å². The van der Waals surface area contributed by atoms with E-state index in [0.717, 1.165) is 27.4 Å². The van der Waals surface area contributed by atoms with Crippen LogP contribution < -0.4 is 10.1 Å². The zero-order chi connectivity index (χ0) is 23.1. The molecule has 1 amide bonds. The molecule has 1 aliphatic heterocycles. The van der Waals surface area contributed by atoms with E-state index in [9.17, 15) is 19.1 Å². The van der Waals surface area contributed by atoms with Gasteiger partial charge in [-0.2, -0.15) is 0 Å². The molecular weight excluding hydrogens is 413 g/mol. The number of aliphatic hydroxyl groups is 1. The highest BCUT2D eigenvalue weighted by Gasteiger charge is 2.36. The molecule has 1 atom stereocenters. The number of aliphatic hydroxyl groups excluding tert-OH is 1. The van der Waals surface area contributed by atoms with Gasteiger partial charge in [-0.3, -0.25) is 4.79 Å². The number of hydrogen-bond acceptors (Lipinski definition) is 4. The summed E-state index contributed by atoms with van der Waals surface area (Å²) >= 11 is 0. The Kier molecular flexibility index (Phi) is 6.39. The van der Waals surface area contributed by atoms with Crippen molar-refractivity contribution >= 4 is 30.8 Å². The van der Waals surface area contributed by atoms with Crippen molar-refractivity contribution in [1.29, 1.82) is 0 Å². The Balaban J connectivity index is 2.21. The molecule has 1 aliphatic rings. The van der Waals surface area contributed by atoms with Gasteiger partial charge in [-0.1, -0.05) is 30.9 Å². The summed E-state index contributed by atoms with van der Waals surface area (Å²) in [6.07, 6.45) is -1.26. The number of nitrogens with zero attached hydrogens (tertiary/aromatic N) is 1. The van der Waals surface area contributed by atoms with Gasteiger partial charge < -0.3 is 14.7 Å². The molecule has 1 heterocycles. The summed E-state index contributed by atoms with van der Waals surface area (Å²) in [4.78, 5) is 27.0. The second kappa shape index (κ2) is 8.55. The first kappa shape index (κ1) is 23.2. The van der Waals surface area contributed by atoms with Gasteiger partial charge in [-0.05, 0) is 66.8 Å². The van der Waals surface area contributed by atoms with E-state index in [4.69, 9.17) is 4.74 Å². The van der Waals surface area contributed by atoms with E-state index in [1.165, 1.54) is 12.1 Å². The molecule has 0 spiro atoms. The molecule has 5 nitrogen and oxygen atoms in total. The van der Waals surface area contributed by atoms with Crippen molar-refractivity contribution in [1.82, 2.24) is 0 Å². The van der Waals surface area contributed by atoms with Crippen molar-refractivity contribution < 1.29 is 23.8 Å². The van der Waals surface area contributed by atoms with Gasteiger partial charge in [0.2, 0.25) is 5.91 Å². The van der Waals surface area contributed by atoms with Crippen molar-refractivity contribution in [3.05, 3.63) is 57.9 Å². The topological polar surface area (TPSA) is 66.8 Å². The zero-order valence-corrected chi connectivity index (χ0v) is 20.0. The summed E-state index contributed by atoms with van der Waals surface area (Å²) < 4.78 is 18.9. The number of rotatable bonds is 5. The number of halogens is 1. The number of hydrogen-bond donors (Lipinski definition) is 1. The van der Waals surface area contributed by atoms with Gasteiger partial charge in [0.05, 0.1) is 27.6 Å². The number of benzene rings is 2. The quantitative estimate of drug-likeness (QED) is 0.566. The van der Waals surface area contributed by atoms with E-state index in [1.54, 1.807) is 24.0 Å². The zero-order valence-electron chi connectivity index (χ0n) is 19.0. The number of amides is 1. The highest BCUT2D eigenvalue weighted by atomic mass is 28.3. The summed E-state index contributed by atoms with van der Waals surface area (Å²) in [7, 11) is -2.00. The van der Waals surface area contributed by atoms with Crippen LogP contribution in [0.15, 0.2) is 24.3 Å². The van der Waals surface area contributed by atoms with E-state index in [-0.39, 0.29) is 24.8 Å². The van der Waals surface area contributed by atoms with Gasteiger partial charge in [0.15, 0.2) is 6.10 Å². The van der Waals surface area contributed by atoms with Crippen LogP contribution in [0, 0.1) is 19.7 Å². The number of fused-ring (bicyclic) bond motifs is 1. The minimum Gasteiger partial charge on any atom is -0.464 e. The van der Waals surface area contributed by atoms with Crippen LogP contribution in [0.25, 0.3) is 0 Å². The molecule has 0 radical (unpaired) electrons. The van der Waals surface area contributed by atoms with Crippen LogP contribution >= 0.6 is 0 Å². The van der Waals surface area contributed by atoms with Gasteiger partial charge in [0.1, 0.15) is 5.82 Å². The molecule has 0 unspecified atom stereocenters. The molecule has 0 bridgehead atoms. The number of esters is 1. The fourth-order valence-electron chi connectivity index (χ4n) is 4.63. The second-order valence-corrected chi connectivity index (χ2v) is 14.0. The fourth-order valence-corrected chi connectivity index (χ4v) is 7.04. The molecule has 1 N–H and O–H groups in total. The Morgan fingerprint density at radius 3 is 2.48 bits per heavy atom.